The van der Waals surface area contributed by atoms with Crippen LogP contribution in [-0.2, 0) is 22.6 Å². The first-order valence-electron chi connectivity index (χ1n) is 8.38. The first kappa shape index (κ1) is 19.3. The summed E-state index contributed by atoms with van der Waals surface area (Å²) in [5, 5.41) is 13.0. The van der Waals surface area contributed by atoms with E-state index in [1.54, 1.807) is 18.9 Å². The van der Waals surface area contributed by atoms with E-state index in [0.717, 1.165) is 21.1 Å². The Balaban J connectivity index is 1.65. The van der Waals surface area contributed by atoms with E-state index in [0.29, 0.717) is 30.1 Å². The zero-order chi connectivity index (χ0) is 19.4. The summed E-state index contributed by atoms with van der Waals surface area (Å²) in [7, 11) is 1.61. The third-order valence-electron chi connectivity index (χ3n) is 4.30. The van der Waals surface area contributed by atoms with E-state index >= 15 is 0 Å². The standard InChI is InChI=1S/C19H19N3O3S2/c1-12(23)22-8-7-15-16(9-20)19(27-17(15)10-22)21-18(24)11-26-14-5-3-13(25-2)4-6-14/h3-6H,7-8,10-11H2,1-2H3,(H,21,24). The molecule has 0 fully saturated rings. The number of hydrogen-bond donors (Lipinski definition) is 1. The van der Waals surface area contributed by atoms with Gasteiger partial charge in [-0.2, -0.15) is 5.26 Å². The van der Waals surface area contributed by atoms with E-state index in [1.165, 1.54) is 23.1 Å². The summed E-state index contributed by atoms with van der Waals surface area (Å²) >= 11 is 2.81. The number of carbonyl (C=O) groups excluding carboxylic acids is 2. The summed E-state index contributed by atoms with van der Waals surface area (Å²) in [6, 6.07) is 9.71. The molecule has 0 saturated heterocycles. The van der Waals surface area contributed by atoms with Gasteiger partial charge in [-0.25, -0.2) is 0 Å². The lowest BCUT2D eigenvalue weighted by Gasteiger charge is -2.25. The van der Waals surface area contributed by atoms with Gasteiger partial charge in [0.15, 0.2) is 0 Å². The summed E-state index contributed by atoms with van der Waals surface area (Å²) in [6.45, 7) is 2.65. The maximum absolute atomic E-state index is 12.3. The van der Waals surface area contributed by atoms with Crippen molar-refractivity contribution < 1.29 is 14.3 Å². The number of anilines is 1. The number of nitrogens with one attached hydrogen (secondary N) is 1. The Hall–Kier alpha value is -2.50. The number of hydrogen-bond acceptors (Lipinski definition) is 6. The van der Waals surface area contributed by atoms with Gasteiger partial charge in [0, 0.05) is 23.2 Å². The number of thiophene rings is 1. The van der Waals surface area contributed by atoms with Gasteiger partial charge in [0.1, 0.15) is 16.8 Å². The number of nitriles is 1. The first-order chi connectivity index (χ1) is 13.0. The molecule has 1 N–H and O–H groups in total. The van der Waals surface area contributed by atoms with Crippen LogP contribution in [0.2, 0.25) is 0 Å². The average molecular weight is 402 g/mol. The molecule has 0 atom stereocenters. The Morgan fingerprint density at radius 2 is 2.11 bits per heavy atom. The highest BCUT2D eigenvalue weighted by atomic mass is 32.2. The molecule has 3 rings (SSSR count). The Bertz CT molecular complexity index is 900. The van der Waals surface area contributed by atoms with Gasteiger partial charge in [0.25, 0.3) is 0 Å². The smallest absolute Gasteiger partial charge is 0.235 e. The van der Waals surface area contributed by atoms with Crippen LogP contribution in [0.4, 0.5) is 5.00 Å². The summed E-state index contributed by atoms with van der Waals surface area (Å²) in [5.74, 6) is 0.883. The highest BCUT2D eigenvalue weighted by Crippen LogP contribution is 2.36. The second kappa shape index (κ2) is 8.46. The van der Waals surface area contributed by atoms with Gasteiger partial charge < -0.3 is 15.0 Å². The second-order valence-electron chi connectivity index (χ2n) is 6.02. The van der Waals surface area contributed by atoms with Gasteiger partial charge in [-0.15, -0.1) is 23.1 Å². The highest BCUT2D eigenvalue weighted by Gasteiger charge is 2.26. The minimum atomic E-state index is -0.158. The SMILES string of the molecule is COc1ccc(SCC(=O)Nc2sc3c(c2C#N)CCN(C(C)=O)C3)cc1. The maximum atomic E-state index is 12.3. The molecule has 1 aromatic carbocycles. The van der Waals surface area contributed by atoms with Gasteiger partial charge >= 0.3 is 0 Å². The average Bonchev–Trinajstić information content (AvgIpc) is 3.02. The Labute approximate surface area is 166 Å². The van der Waals surface area contributed by atoms with E-state index in [4.69, 9.17) is 4.74 Å². The van der Waals surface area contributed by atoms with Gasteiger partial charge in [0.05, 0.1) is 25.0 Å². The molecular formula is C19H19N3O3S2. The zero-order valence-corrected chi connectivity index (χ0v) is 16.7. The van der Waals surface area contributed by atoms with Crippen LogP contribution in [0.5, 0.6) is 5.75 Å². The molecule has 27 heavy (non-hydrogen) atoms. The molecule has 2 heterocycles. The van der Waals surface area contributed by atoms with Gasteiger partial charge in [-0.1, -0.05) is 0 Å². The fourth-order valence-electron chi connectivity index (χ4n) is 2.86. The molecule has 1 aliphatic heterocycles. The number of nitrogens with zero attached hydrogens (tertiary/aromatic N) is 2. The van der Waals surface area contributed by atoms with Gasteiger partial charge in [0.2, 0.25) is 11.8 Å². The van der Waals surface area contributed by atoms with Crippen LogP contribution in [0.25, 0.3) is 0 Å². The van der Waals surface area contributed by atoms with Crippen molar-refractivity contribution in [2.45, 2.75) is 24.8 Å². The van der Waals surface area contributed by atoms with Crippen LogP contribution >= 0.6 is 23.1 Å². The lowest BCUT2D eigenvalue weighted by Crippen LogP contribution is -2.33. The van der Waals surface area contributed by atoms with E-state index in [-0.39, 0.29) is 17.6 Å². The lowest BCUT2D eigenvalue weighted by molar-refractivity contribution is -0.129. The van der Waals surface area contributed by atoms with Crippen molar-refractivity contribution in [1.82, 2.24) is 4.90 Å². The molecule has 2 aromatic rings. The predicted octanol–water partition coefficient (Wildman–Crippen LogP) is 3.26. The third-order valence-corrected chi connectivity index (χ3v) is 6.44. The second-order valence-corrected chi connectivity index (χ2v) is 8.18. The molecule has 1 aromatic heterocycles. The van der Waals surface area contributed by atoms with Crippen molar-refractivity contribution in [2.75, 3.05) is 24.7 Å². The van der Waals surface area contributed by atoms with Crippen LogP contribution in [0.15, 0.2) is 29.2 Å². The van der Waals surface area contributed by atoms with E-state index in [1.807, 2.05) is 24.3 Å². The molecule has 0 radical (unpaired) electrons. The summed E-state index contributed by atoms with van der Waals surface area (Å²) in [6.07, 6.45) is 0.644. The molecule has 8 heteroatoms. The number of rotatable bonds is 5. The number of ether oxygens (including phenoxy) is 1. The monoisotopic (exact) mass is 401 g/mol. The fraction of sp³-hybridized carbons (Fsp3) is 0.316. The predicted molar refractivity (Wildman–Crippen MR) is 106 cm³/mol. The van der Waals surface area contributed by atoms with Crippen molar-refractivity contribution >= 4 is 39.9 Å². The van der Waals surface area contributed by atoms with Crippen molar-refractivity contribution in [3.63, 3.8) is 0 Å². The quantitative estimate of drug-likeness (QED) is 0.778. The fourth-order valence-corrected chi connectivity index (χ4v) is 4.79. The van der Waals surface area contributed by atoms with E-state index in [2.05, 4.69) is 11.4 Å². The number of carbonyl (C=O) groups is 2. The van der Waals surface area contributed by atoms with Crippen LogP contribution in [0.1, 0.15) is 22.9 Å². The highest BCUT2D eigenvalue weighted by molar-refractivity contribution is 8.00. The third kappa shape index (κ3) is 4.43. The molecule has 0 spiro atoms. The Morgan fingerprint density at radius 1 is 1.37 bits per heavy atom. The minimum Gasteiger partial charge on any atom is -0.497 e. The number of thioether (sulfide) groups is 1. The van der Waals surface area contributed by atoms with Gasteiger partial charge in [-0.05, 0) is 36.2 Å². The van der Waals surface area contributed by atoms with E-state index in [9.17, 15) is 14.9 Å². The molecule has 140 valence electrons. The number of fused-ring (bicyclic) bond motifs is 1. The van der Waals surface area contributed by atoms with Crippen LogP contribution < -0.4 is 10.1 Å². The van der Waals surface area contributed by atoms with Crippen LogP contribution in [0.3, 0.4) is 0 Å². The van der Waals surface area contributed by atoms with Crippen molar-refractivity contribution in [2.24, 2.45) is 0 Å². The molecule has 2 amide bonds. The number of methoxy groups -OCH3 is 1. The maximum Gasteiger partial charge on any atom is 0.235 e. The Morgan fingerprint density at radius 3 is 2.74 bits per heavy atom. The van der Waals surface area contributed by atoms with Crippen LogP contribution in [0, 0.1) is 11.3 Å². The molecule has 0 bridgehead atoms. The van der Waals surface area contributed by atoms with Crippen LogP contribution in [-0.4, -0.2) is 36.1 Å². The van der Waals surface area contributed by atoms with Crippen molar-refractivity contribution in [3.8, 4) is 11.8 Å². The number of benzene rings is 1. The van der Waals surface area contributed by atoms with Crippen molar-refractivity contribution in [1.29, 1.82) is 5.26 Å². The molecular weight excluding hydrogens is 382 g/mol. The molecule has 0 saturated carbocycles. The normalized spacial score (nSPS) is 12.9. The molecule has 0 aliphatic carbocycles. The lowest BCUT2D eigenvalue weighted by atomic mass is 10.0. The topological polar surface area (TPSA) is 82.4 Å². The largest absolute Gasteiger partial charge is 0.497 e. The summed E-state index contributed by atoms with van der Waals surface area (Å²) in [5.41, 5.74) is 1.49. The number of amides is 2. The molecule has 0 unspecified atom stereocenters. The zero-order valence-electron chi connectivity index (χ0n) is 15.1. The summed E-state index contributed by atoms with van der Waals surface area (Å²) < 4.78 is 5.12. The molecule has 6 nitrogen and oxygen atoms in total. The first-order valence-corrected chi connectivity index (χ1v) is 10.2. The van der Waals surface area contributed by atoms with Crippen molar-refractivity contribution in [3.05, 3.63) is 40.3 Å². The minimum absolute atomic E-state index is 0.0223. The Kier molecular flexibility index (Phi) is 6.04. The molecule has 1 aliphatic rings. The van der Waals surface area contributed by atoms with E-state index < -0.39 is 0 Å². The van der Waals surface area contributed by atoms with Gasteiger partial charge in [-0.3, -0.25) is 9.59 Å². The summed E-state index contributed by atoms with van der Waals surface area (Å²) in [4.78, 5) is 27.6.